The molecule has 7 heteroatoms. The van der Waals surface area contributed by atoms with Crippen LogP contribution in [0, 0.1) is 0 Å². The molecule has 1 aliphatic carbocycles. The lowest BCUT2D eigenvalue weighted by Gasteiger charge is -2.15. The maximum absolute atomic E-state index is 13.3. The number of aromatic nitrogens is 4. The molecule has 4 nitrogen and oxygen atoms in total. The van der Waals surface area contributed by atoms with Crippen molar-refractivity contribution in [2.75, 3.05) is 0 Å². The van der Waals surface area contributed by atoms with Gasteiger partial charge in [-0.3, -0.25) is 0 Å². The van der Waals surface area contributed by atoms with Crippen LogP contribution >= 0.6 is 0 Å². The molecule has 1 aliphatic rings. The van der Waals surface area contributed by atoms with Crippen LogP contribution in [0.25, 0.3) is 11.4 Å². The summed E-state index contributed by atoms with van der Waals surface area (Å²) in [4.78, 5) is 3.99. The number of fused-ring (bicyclic) bond motifs is 1. The molecule has 3 aromatic rings. The molecule has 2 aromatic heterocycles. The fourth-order valence-corrected chi connectivity index (χ4v) is 3.22. The lowest BCUT2D eigenvalue weighted by atomic mass is 9.95. The van der Waals surface area contributed by atoms with E-state index in [1.54, 1.807) is 24.7 Å². The van der Waals surface area contributed by atoms with Crippen molar-refractivity contribution < 1.29 is 13.2 Å². The molecule has 0 amide bonds. The first-order valence-corrected chi connectivity index (χ1v) is 7.81. The molecule has 0 atom stereocenters. The highest BCUT2D eigenvalue weighted by Gasteiger charge is 2.39. The first kappa shape index (κ1) is 15.0. The van der Waals surface area contributed by atoms with E-state index in [2.05, 4.69) is 10.1 Å². The van der Waals surface area contributed by atoms with Crippen LogP contribution in [0.5, 0.6) is 0 Å². The lowest BCUT2D eigenvalue weighted by Crippen LogP contribution is -2.11. The first-order valence-electron chi connectivity index (χ1n) is 7.81. The smallest absolute Gasteiger partial charge is 0.306 e. The quantitative estimate of drug-likeness (QED) is 0.712. The number of imidazole rings is 1. The topological polar surface area (TPSA) is 35.6 Å². The molecular formula is C17H15F3N4. The van der Waals surface area contributed by atoms with Gasteiger partial charge in [0.2, 0.25) is 0 Å². The number of benzene rings is 1. The Kier molecular flexibility index (Phi) is 3.44. The number of halogens is 3. The predicted molar refractivity (Wildman–Crippen MR) is 82.3 cm³/mol. The van der Waals surface area contributed by atoms with Crippen LogP contribution in [-0.2, 0) is 19.0 Å². The Balaban J connectivity index is 1.78. The molecule has 0 N–H and O–H groups in total. The fourth-order valence-electron chi connectivity index (χ4n) is 3.22. The van der Waals surface area contributed by atoms with Gasteiger partial charge in [0.05, 0.1) is 12.0 Å². The summed E-state index contributed by atoms with van der Waals surface area (Å²) >= 11 is 0. The van der Waals surface area contributed by atoms with Crippen LogP contribution in [-0.4, -0.2) is 19.3 Å². The number of alkyl halides is 3. The lowest BCUT2D eigenvalue weighted by molar-refractivity contribution is -0.142. The van der Waals surface area contributed by atoms with Crippen LogP contribution in [0.1, 0.15) is 29.8 Å². The maximum atomic E-state index is 13.3. The third-order valence-electron chi connectivity index (χ3n) is 4.35. The Bertz CT molecular complexity index is 845. The van der Waals surface area contributed by atoms with E-state index in [0.717, 1.165) is 18.5 Å². The summed E-state index contributed by atoms with van der Waals surface area (Å²) in [5, 5.41) is 3.90. The van der Waals surface area contributed by atoms with Gasteiger partial charge in [0.1, 0.15) is 0 Å². The van der Waals surface area contributed by atoms with Crippen molar-refractivity contribution in [3.63, 3.8) is 0 Å². The second-order valence-electron chi connectivity index (χ2n) is 5.88. The van der Waals surface area contributed by atoms with Crippen LogP contribution < -0.4 is 0 Å². The third-order valence-corrected chi connectivity index (χ3v) is 4.35. The van der Waals surface area contributed by atoms with E-state index in [0.29, 0.717) is 29.8 Å². The zero-order valence-electron chi connectivity index (χ0n) is 12.8. The number of nitrogens with zero attached hydrogens (tertiary/aromatic N) is 4. The largest absolute Gasteiger partial charge is 0.435 e. The zero-order chi connectivity index (χ0) is 16.7. The van der Waals surface area contributed by atoms with E-state index in [-0.39, 0.29) is 0 Å². The minimum atomic E-state index is -4.41. The second-order valence-corrected chi connectivity index (χ2v) is 5.88. The van der Waals surface area contributed by atoms with Gasteiger partial charge in [-0.2, -0.15) is 18.3 Å². The van der Waals surface area contributed by atoms with Crippen molar-refractivity contribution in [3.05, 3.63) is 59.9 Å². The molecule has 4 rings (SSSR count). The van der Waals surface area contributed by atoms with E-state index >= 15 is 0 Å². The highest BCUT2D eigenvalue weighted by atomic mass is 19.4. The summed E-state index contributed by atoms with van der Waals surface area (Å²) in [5.41, 5.74) is 1.84. The molecule has 0 unspecified atom stereocenters. The Morgan fingerprint density at radius 2 is 1.67 bits per heavy atom. The predicted octanol–water partition coefficient (Wildman–Crippen LogP) is 3.96. The van der Waals surface area contributed by atoms with Gasteiger partial charge in [-0.15, -0.1) is 0 Å². The van der Waals surface area contributed by atoms with Crippen molar-refractivity contribution in [1.82, 2.24) is 19.3 Å². The van der Waals surface area contributed by atoms with Crippen LogP contribution in [0.15, 0.2) is 43.0 Å². The van der Waals surface area contributed by atoms with Gasteiger partial charge >= 0.3 is 6.18 Å². The van der Waals surface area contributed by atoms with Gasteiger partial charge in [-0.05, 0) is 49.9 Å². The SMILES string of the molecule is FC(F)(F)c1nn(-c2ccc(-n3ccnc3)cc2)c2c1CCCC2. The molecule has 24 heavy (non-hydrogen) atoms. The maximum Gasteiger partial charge on any atom is 0.435 e. The Morgan fingerprint density at radius 1 is 0.958 bits per heavy atom. The number of hydrogen-bond donors (Lipinski definition) is 0. The van der Waals surface area contributed by atoms with Crippen molar-refractivity contribution in [3.8, 4) is 11.4 Å². The van der Waals surface area contributed by atoms with Gasteiger partial charge in [0, 0.05) is 29.3 Å². The third kappa shape index (κ3) is 2.50. The summed E-state index contributed by atoms with van der Waals surface area (Å²) in [6.07, 6.45) is 3.49. The molecular weight excluding hydrogens is 317 g/mol. The van der Waals surface area contributed by atoms with Gasteiger partial charge in [-0.25, -0.2) is 9.67 Å². The minimum absolute atomic E-state index is 0.354. The highest BCUT2D eigenvalue weighted by molar-refractivity contribution is 5.44. The van der Waals surface area contributed by atoms with Crippen molar-refractivity contribution in [2.24, 2.45) is 0 Å². The van der Waals surface area contributed by atoms with Crippen LogP contribution in [0.3, 0.4) is 0 Å². The second kappa shape index (κ2) is 5.51. The van der Waals surface area contributed by atoms with Crippen molar-refractivity contribution in [2.45, 2.75) is 31.9 Å². The van der Waals surface area contributed by atoms with Gasteiger partial charge in [0.25, 0.3) is 0 Å². The average Bonchev–Trinajstić information content (AvgIpc) is 3.22. The summed E-state index contributed by atoms with van der Waals surface area (Å²) in [7, 11) is 0. The van der Waals surface area contributed by atoms with Gasteiger partial charge in [0.15, 0.2) is 5.69 Å². The van der Waals surface area contributed by atoms with Crippen LogP contribution in [0.2, 0.25) is 0 Å². The molecule has 0 fully saturated rings. The molecule has 1 aromatic carbocycles. The van der Waals surface area contributed by atoms with E-state index in [1.165, 1.54) is 4.68 Å². The standard InChI is InChI=1S/C17H15F3N4/c18-17(19,20)16-14-3-1-2-4-15(14)24(22-16)13-7-5-12(6-8-13)23-10-9-21-11-23/h5-11H,1-4H2. The zero-order valence-corrected chi connectivity index (χ0v) is 12.8. The summed E-state index contributed by atoms with van der Waals surface area (Å²) < 4.78 is 43.1. The fraction of sp³-hybridized carbons (Fsp3) is 0.294. The molecule has 2 heterocycles. The first-order chi connectivity index (χ1) is 11.5. The summed E-state index contributed by atoms with van der Waals surface area (Å²) in [6, 6.07) is 7.27. The molecule has 0 aliphatic heterocycles. The Labute approximate surface area is 136 Å². The molecule has 124 valence electrons. The molecule has 0 radical (unpaired) electrons. The Hall–Kier alpha value is -2.57. The van der Waals surface area contributed by atoms with Crippen LogP contribution in [0.4, 0.5) is 13.2 Å². The Morgan fingerprint density at radius 3 is 2.33 bits per heavy atom. The van der Waals surface area contributed by atoms with E-state index < -0.39 is 11.9 Å². The average molecular weight is 332 g/mol. The monoisotopic (exact) mass is 332 g/mol. The van der Waals surface area contributed by atoms with E-state index in [1.807, 2.05) is 22.9 Å². The van der Waals surface area contributed by atoms with E-state index in [9.17, 15) is 13.2 Å². The summed E-state index contributed by atoms with van der Waals surface area (Å²) in [6.45, 7) is 0. The number of rotatable bonds is 2. The number of hydrogen-bond acceptors (Lipinski definition) is 2. The molecule has 0 saturated carbocycles. The molecule has 0 spiro atoms. The van der Waals surface area contributed by atoms with Crippen molar-refractivity contribution >= 4 is 0 Å². The van der Waals surface area contributed by atoms with E-state index in [4.69, 9.17) is 0 Å². The van der Waals surface area contributed by atoms with Gasteiger partial charge < -0.3 is 4.57 Å². The highest BCUT2D eigenvalue weighted by Crippen LogP contribution is 2.36. The summed E-state index contributed by atoms with van der Waals surface area (Å²) in [5.74, 6) is 0. The molecule has 0 bridgehead atoms. The van der Waals surface area contributed by atoms with Gasteiger partial charge in [-0.1, -0.05) is 0 Å². The van der Waals surface area contributed by atoms with Crippen molar-refractivity contribution in [1.29, 1.82) is 0 Å². The minimum Gasteiger partial charge on any atom is -0.306 e. The normalized spacial score (nSPS) is 14.6. The molecule has 0 saturated heterocycles.